The first-order chi connectivity index (χ1) is 9.75. The molecule has 4 nitrogen and oxygen atoms in total. The summed E-state index contributed by atoms with van der Waals surface area (Å²) < 4.78 is 5.66. The van der Waals surface area contributed by atoms with E-state index in [1.54, 1.807) is 18.2 Å². The van der Waals surface area contributed by atoms with Crippen LogP contribution in [-0.4, -0.2) is 15.2 Å². The molecule has 0 fully saturated rings. The summed E-state index contributed by atoms with van der Waals surface area (Å²) in [5.74, 6) is 0.584. The molecule has 0 aliphatic heterocycles. The van der Waals surface area contributed by atoms with Crippen LogP contribution in [0.5, 0.6) is 5.75 Å². The summed E-state index contributed by atoms with van der Waals surface area (Å²) in [5, 5.41) is 18.2. The summed E-state index contributed by atoms with van der Waals surface area (Å²) in [6, 6.07) is 11.2. The Morgan fingerprint density at radius 3 is 2.15 bits per heavy atom. The molecule has 2 N–H and O–H groups in total. The Labute approximate surface area is 118 Å². The second-order valence-corrected chi connectivity index (χ2v) is 4.34. The fraction of sp³-hybridized carbons (Fsp3) is 0.188. The lowest BCUT2D eigenvalue weighted by Crippen LogP contribution is -2.00. The minimum Gasteiger partial charge on any atom is -0.489 e. The topological polar surface area (TPSA) is 62.6 Å². The molecule has 0 saturated heterocycles. The molecule has 0 aliphatic rings. The van der Waals surface area contributed by atoms with Crippen LogP contribution in [0.15, 0.2) is 43.0 Å². The molecule has 1 heterocycles. The van der Waals surface area contributed by atoms with Crippen molar-refractivity contribution < 1.29 is 14.9 Å². The van der Waals surface area contributed by atoms with Crippen LogP contribution in [0.1, 0.15) is 22.5 Å². The van der Waals surface area contributed by atoms with E-state index >= 15 is 0 Å². The van der Waals surface area contributed by atoms with Gasteiger partial charge in [-0.15, -0.1) is 0 Å². The van der Waals surface area contributed by atoms with Gasteiger partial charge in [-0.2, -0.15) is 0 Å². The highest BCUT2D eigenvalue weighted by atomic mass is 16.5. The number of aromatic nitrogens is 1. The Kier molecular flexibility index (Phi) is 4.87. The molecule has 4 heteroatoms. The maximum Gasteiger partial charge on any atom is 0.123 e. The van der Waals surface area contributed by atoms with Crippen LogP contribution in [0.25, 0.3) is 6.08 Å². The van der Waals surface area contributed by atoms with E-state index in [0.29, 0.717) is 23.7 Å². The number of ether oxygens (including phenoxy) is 1. The van der Waals surface area contributed by atoms with Crippen molar-refractivity contribution in [1.29, 1.82) is 0 Å². The van der Waals surface area contributed by atoms with Gasteiger partial charge in [0, 0.05) is 12.1 Å². The van der Waals surface area contributed by atoms with Gasteiger partial charge >= 0.3 is 0 Å². The van der Waals surface area contributed by atoms with Crippen molar-refractivity contribution in [1.82, 2.24) is 4.98 Å². The van der Waals surface area contributed by atoms with Crippen LogP contribution in [0.2, 0.25) is 0 Å². The largest absolute Gasteiger partial charge is 0.489 e. The maximum atomic E-state index is 9.12. The first-order valence-electron chi connectivity index (χ1n) is 6.31. The minimum atomic E-state index is -0.182. The van der Waals surface area contributed by atoms with Crippen LogP contribution in [0.4, 0.5) is 0 Å². The lowest BCUT2D eigenvalue weighted by atomic mass is 10.1. The van der Waals surface area contributed by atoms with Gasteiger partial charge in [0.1, 0.15) is 12.4 Å². The summed E-state index contributed by atoms with van der Waals surface area (Å²) in [6.07, 6.45) is 1.79. The van der Waals surface area contributed by atoms with Crippen LogP contribution < -0.4 is 4.74 Å². The Hall–Kier alpha value is -2.17. The molecule has 0 aliphatic carbocycles. The quantitative estimate of drug-likeness (QED) is 0.846. The number of rotatable bonds is 6. The van der Waals surface area contributed by atoms with Crippen molar-refractivity contribution in [3.05, 3.63) is 65.5 Å². The van der Waals surface area contributed by atoms with E-state index in [2.05, 4.69) is 11.6 Å². The van der Waals surface area contributed by atoms with E-state index in [4.69, 9.17) is 14.9 Å². The summed E-state index contributed by atoms with van der Waals surface area (Å²) >= 11 is 0. The minimum absolute atomic E-state index is 0.182. The fourth-order valence-electron chi connectivity index (χ4n) is 1.78. The molecule has 20 heavy (non-hydrogen) atoms. The second kappa shape index (κ2) is 6.84. The van der Waals surface area contributed by atoms with Gasteiger partial charge in [0.25, 0.3) is 0 Å². The summed E-state index contributed by atoms with van der Waals surface area (Å²) in [7, 11) is 0. The fourth-order valence-corrected chi connectivity index (χ4v) is 1.78. The van der Waals surface area contributed by atoms with E-state index in [-0.39, 0.29) is 13.2 Å². The molecule has 0 spiro atoms. The summed E-state index contributed by atoms with van der Waals surface area (Å²) in [6.45, 7) is 3.76. The predicted octanol–water partition coefficient (Wildman–Crippen LogP) is 2.29. The zero-order valence-corrected chi connectivity index (χ0v) is 11.1. The third kappa shape index (κ3) is 3.66. The van der Waals surface area contributed by atoms with E-state index in [1.165, 1.54) is 0 Å². The monoisotopic (exact) mass is 271 g/mol. The van der Waals surface area contributed by atoms with E-state index in [9.17, 15) is 0 Å². The number of pyridine rings is 1. The lowest BCUT2D eigenvalue weighted by molar-refractivity contribution is 0.260. The average molecular weight is 271 g/mol. The molecule has 0 unspecified atom stereocenters. The first kappa shape index (κ1) is 14.2. The van der Waals surface area contributed by atoms with E-state index < -0.39 is 0 Å². The maximum absolute atomic E-state index is 9.12. The summed E-state index contributed by atoms with van der Waals surface area (Å²) in [4.78, 5) is 4.06. The number of benzene rings is 1. The normalized spacial score (nSPS) is 10.3. The smallest absolute Gasteiger partial charge is 0.123 e. The Balaban J connectivity index is 2.07. The van der Waals surface area contributed by atoms with Gasteiger partial charge in [-0.1, -0.05) is 36.9 Å². The molecule has 0 atom stereocenters. The van der Waals surface area contributed by atoms with E-state index in [1.807, 2.05) is 24.3 Å². The Morgan fingerprint density at radius 1 is 1.05 bits per heavy atom. The first-order valence-corrected chi connectivity index (χ1v) is 6.31. The molecular weight excluding hydrogens is 254 g/mol. The second-order valence-electron chi connectivity index (χ2n) is 4.34. The number of aliphatic hydroxyl groups is 2. The molecular formula is C16H17NO3. The molecule has 0 saturated carbocycles. The molecule has 1 aromatic carbocycles. The van der Waals surface area contributed by atoms with Crippen molar-refractivity contribution in [2.24, 2.45) is 0 Å². The predicted molar refractivity (Wildman–Crippen MR) is 76.9 cm³/mol. The van der Waals surface area contributed by atoms with Crippen molar-refractivity contribution in [2.75, 3.05) is 0 Å². The molecule has 0 amide bonds. The Bertz CT molecular complexity index is 557. The van der Waals surface area contributed by atoms with Crippen LogP contribution in [0, 0.1) is 0 Å². The van der Waals surface area contributed by atoms with Gasteiger partial charge in [0.15, 0.2) is 0 Å². The van der Waals surface area contributed by atoms with Gasteiger partial charge in [-0.25, -0.2) is 0 Å². The van der Waals surface area contributed by atoms with Crippen molar-refractivity contribution >= 4 is 6.08 Å². The zero-order chi connectivity index (χ0) is 14.4. The molecule has 0 bridgehead atoms. The van der Waals surface area contributed by atoms with E-state index in [0.717, 1.165) is 11.1 Å². The van der Waals surface area contributed by atoms with Crippen LogP contribution >= 0.6 is 0 Å². The van der Waals surface area contributed by atoms with Gasteiger partial charge in [-0.3, -0.25) is 4.98 Å². The van der Waals surface area contributed by atoms with Gasteiger partial charge in [0.05, 0.1) is 24.6 Å². The molecule has 2 rings (SSSR count). The summed E-state index contributed by atoms with van der Waals surface area (Å²) in [5.41, 5.74) is 3.05. The highest BCUT2D eigenvalue weighted by molar-refractivity contribution is 5.47. The van der Waals surface area contributed by atoms with Crippen LogP contribution in [-0.2, 0) is 19.8 Å². The molecule has 2 aromatic rings. The average Bonchev–Trinajstić information content (AvgIpc) is 2.53. The molecule has 104 valence electrons. The number of nitrogens with zero attached hydrogens (tertiary/aromatic N) is 1. The zero-order valence-electron chi connectivity index (χ0n) is 11.1. The van der Waals surface area contributed by atoms with Gasteiger partial charge in [0.2, 0.25) is 0 Å². The number of aliphatic hydroxyl groups excluding tert-OH is 2. The third-order valence-corrected chi connectivity index (χ3v) is 2.85. The molecule has 0 radical (unpaired) electrons. The van der Waals surface area contributed by atoms with Gasteiger partial charge in [-0.05, 0) is 11.1 Å². The number of hydrogen-bond acceptors (Lipinski definition) is 4. The van der Waals surface area contributed by atoms with Crippen molar-refractivity contribution in [3.8, 4) is 5.75 Å². The highest BCUT2D eigenvalue weighted by Crippen LogP contribution is 2.17. The third-order valence-electron chi connectivity index (χ3n) is 2.85. The highest BCUT2D eigenvalue weighted by Gasteiger charge is 2.03. The van der Waals surface area contributed by atoms with Crippen molar-refractivity contribution in [2.45, 2.75) is 19.8 Å². The Morgan fingerprint density at radius 2 is 1.65 bits per heavy atom. The van der Waals surface area contributed by atoms with Gasteiger partial charge < -0.3 is 14.9 Å². The van der Waals surface area contributed by atoms with Crippen LogP contribution in [0.3, 0.4) is 0 Å². The number of hydrogen-bond donors (Lipinski definition) is 2. The van der Waals surface area contributed by atoms with Crippen molar-refractivity contribution in [3.63, 3.8) is 0 Å². The lowest BCUT2D eigenvalue weighted by Gasteiger charge is -2.09. The SMILES string of the molecule is C=Cc1ccc(COc2cc(CO)nc(CO)c2)cc1. The molecule has 1 aromatic heterocycles. The standard InChI is InChI=1S/C16H17NO3/c1-2-12-3-5-13(6-4-12)11-20-16-7-14(9-18)17-15(8-16)10-19/h2-8,18-19H,1,9-11H2.